The van der Waals surface area contributed by atoms with Crippen LogP contribution in [0.1, 0.15) is 5.56 Å². The van der Waals surface area contributed by atoms with Crippen molar-refractivity contribution in [3.05, 3.63) is 62.3 Å². The normalized spacial score (nSPS) is 10.1. The largest absolute Gasteiger partial charge is 0.481 e. The number of ether oxygens (including phenoxy) is 1. The maximum atomic E-state index is 10.8. The van der Waals surface area contributed by atoms with Crippen LogP contribution in [0.5, 0.6) is 5.75 Å². The molecule has 0 spiro atoms. The van der Waals surface area contributed by atoms with E-state index in [1.165, 1.54) is 30.5 Å². The fourth-order valence-electron chi connectivity index (χ4n) is 1.67. The fourth-order valence-corrected chi connectivity index (χ4v) is 1.67. The van der Waals surface area contributed by atoms with Crippen LogP contribution < -0.4 is 10.5 Å². The van der Waals surface area contributed by atoms with Crippen molar-refractivity contribution >= 4 is 17.2 Å². The lowest BCUT2D eigenvalue weighted by molar-refractivity contribution is -0.390. The number of nitrogens with two attached hydrogens (primary N) is 1. The van der Waals surface area contributed by atoms with E-state index in [0.29, 0.717) is 5.56 Å². The van der Waals surface area contributed by atoms with Crippen molar-refractivity contribution < 1.29 is 14.6 Å². The molecule has 0 unspecified atom stereocenters. The van der Waals surface area contributed by atoms with Crippen molar-refractivity contribution in [2.24, 2.45) is 0 Å². The van der Waals surface area contributed by atoms with Crippen LogP contribution in [0.15, 0.2) is 36.5 Å². The quantitative estimate of drug-likeness (QED) is 0.505. The van der Waals surface area contributed by atoms with Crippen LogP contribution in [0.25, 0.3) is 0 Å². The highest BCUT2D eigenvalue weighted by molar-refractivity contribution is 5.62. The zero-order chi connectivity index (χ0) is 15.4. The second-order valence-electron chi connectivity index (χ2n) is 3.98. The summed E-state index contributed by atoms with van der Waals surface area (Å²) in [5, 5.41) is 21.6. The lowest BCUT2D eigenvalue weighted by Crippen LogP contribution is -2.05. The van der Waals surface area contributed by atoms with E-state index in [1.54, 1.807) is 6.07 Å². The van der Waals surface area contributed by atoms with Crippen LogP contribution in [0.4, 0.5) is 17.2 Å². The van der Waals surface area contributed by atoms with E-state index in [-0.39, 0.29) is 23.7 Å². The predicted octanol–water partition coefficient (Wildman–Crippen LogP) is 2.06. The van der Waals surface area contributed by atoms with Gasteiger partial charge in [0.25, 0.3) is 5.69 Å². The molecule has 0 amide bonds. The fraction of sp³-hybridized carbons (Fsp3) is 0.0833. The van der Waals surface area contributed by atoms with Crippen LogP contribution >= 0.6 is 0 Å². The van der Waals surface area contributed by atoms with E-state index in [4.69, 9.17) is 10.5 Å². The number of anilines is 1. The Kier molecular flexibility index (Phi) is 3.93. The molecule has 0 saturated heterocycles. The van der Waals surface area contributed by atoms with Crippen LogP contribution in [-0.4, -0.2) is 14.8 Å². The van der Waals surface area contributed by atoms with Crippen LogP contribution in [0, 0.1) is 20.2 Å². The third-order valence-corrected chi connectivity index (χ3v) is 2.68. The molecule has 2 aromatic rings. The number of nitrogen functional groups attached to an aromatic ring is 1. The molecule has 21 heavy (non-hydrogen) atoms. The van der Waals surface area contributed by atoms with Gasteiger partial charge in [0.05, 0.1) is 4.92 Å². The number of para-hydroxylation sites is 1. The summed E-state index contributed by atoms with van der Waals surface area (Å²) < 4.78 is 5.29. The molecule has 1 aromatic carbocycles. The molecule has 1 aromatic heterocycles. The lowest BCUT2D eigenvalue weighted by atomic mass is 10.1. The summed E-state index contributed by atoms with van der Waals surface area (Å²) in [4.78, 5) is 23.9. The van der Waals surface area contributed by atoms with E-state index < -0.39 is 15.7 Å². The second-order valence-corrected chi connectivity index (χ2v) is 3.98. The Balaban J connectivity index is 2.23. The standard InChI is InChI=1S/C12H10N4O5/c13-11-8(3-1-4-9(11)15(17)18)7-21-10-5-2-6-14-12(10)16(19)20/h1-6H,7,13H2. The maximum Gasteiger partial charge on any atom is 0.406 e. The summed E-state index contributed by atoms with van der Waals surface area (Å²) in [6.07, 6.45) is 1.27. The SMILES string of the molecule is Nc1c(COc2cccnc2[N+](=O)[O-])cccc1[N+](=O)[O-]. The second kappa shape index (κ2) is 5.82. The maximum absolute atomic E-state index is 10.8. The highest BCUT2D eigenvalue weighted by Gasteiger charge is 2.18. The number of nitro groups is 2. The van der Waals surface area contributed by atoms with Crippen molar-refractivity contribution in [2.45, 2.75) is 6.61 Å². The number of nitro benzene ring substituents is 1. The van der Waals surface area contributed by atoms with E-state index in [0.717, 1.165) is 0 Å². The number of pyridine rings is 1. The zero-order valence-electron chi connectivity index (χ0n) is 10.6. The molecule has 0 aliphatic rings. The number of benzene rings is 1. The minimum Gasteiger partial charge on any atom is -0.481 e. The Morgan fingerprint density at radius 3 is 2.57 bits per heavy atom. The van der Waals surface area contributed by atoms with Gasteiger partial charge in [0.1, 0.15) is 18.5 Å². The van der Waals surface area contributed by atoms with Crippen LogP contribution in [-0.2, 0) is 6.61 Å². The van der Waals surface area contributed by atoms with Gasteiger partial charge in [0.15, 0.2) is 0 Å². The first kappa shape index (κ1) is 14.2. The Morgan fingerprint density at radius 2 is 1.90 bits per heavy atom. The van der Waals surface area contributed by atoms with E-state index in [2.05, 4.69) is 4.98 Å². The molecule has 9 nitrogen and oxygen atoms in total. The number of hydrogen-bond donors (Lipinski definition) is 1. The third-order valence-electron chi connectivity index (χ3n) is 2.68. The Morgan fingerprint density at radius 1 is 1.14 bits per heavy atom. The summed E-state index contributed by atoms with van der Waals surface area (Å²) >= 11 is 0. The molecule has 0 bridgehead atoms. The number of aromatic nitrogens is 1. The zero-order valence-corrected chi connectivity index (χ0v) is 10.6. The number of nitrogens with zero attached hydrogens (tertiary/aromatic N) is 3. The van der Waals surface area contributed by atoms with Gasteiger partial charge < -0.3 is 20.6 Å². The summed E-state index contributed by atoms with van der Waals surface area (Å²) in [6, 6.07) is 7.15. The Hall–Kier alpha value is -3.23. The molecule has 0 atom stereocenters. The van der Waals surface area contributed by atoms with Gasteiger partial charge >= 0.3 is 5.82 Å². The predicted molar refractivity (Wildman–Crippen MR) is 72.7 cm³/mol. The van der Waals surface area contributed by atoms with Crippen molar-refractivity contribution in [3.8, 4) is 5.75 Å². The highest BCUT2D eigenvalue weighted by Crippen LogP contribution is 2.28. The Labute approximate surface area is 118 Å². The average Bonchev–Trinajstić information content (AvgIpc) is 2.46. The van der Waals surface area contributed by atoms with Crippen LogP contribution in [0.2, 0.25) is 0 Å². The highest BCUT2D eigenvalue weighted by atomic mass is 16.6. The van der Waals surface area contributed by atoms with Crippen molar-refractivity contribution in [3.63, 3.8) is 0 Å². The topological polar surface area (TPSA) is 134 Å². The molecule has 0 saturated carbocycles. The summed E-state index contributed by atoms with van der Waals surface area (Å²) in [5.41, 5.74) is 5.77. The molecule has 0 fully saturated rings. The van der Waals surface area contributed by atoms with E-state index >= 15 is 0 Å². The summed E-state index contributed by atoms with van der Waals surface area (Å²) in [6.45, 7) is -0.139. The minimum atomic E-state index is -0.674. The first-order valence-electron chi connectivity index (χ1n) is 5.74. The molecule has 9 heteroatoms. The molecular formula is C12H10N4O5. The molecular weight excluding hydrogens is 280 g/mol. The van der Waals surface area contributed by atoms with Gasteiger partial charge in [-0.25, -0.2) is 0 Å². The molecule has 0 radical (unpaired) electrons. The average molecular weight is 290 g/mol. The van der Waals surface area contributed by atoms with Crippen molar-refractivity contribution in [1.82, 2.24) is 4.98 Å². The molecule has 0 aliphatic carbocycles. The summed E-state index contributed by atoms with van der Waals surface area (Å²) in [7, 11) is 0. The van der Waals surface area contributed by atoms with Gasteiger partial charge in [0.2, 0.25) is 5.75 Å². The molecule has 2 N–H and O–H groups in total. The van der Waals surface area contributed by atoms with Gasteiger partial charge in [-0.05, 0) is 22.0 Å². The number of hydrogen-bond acceptors (Lipinski definition) is 7. The summed E-state index contributed by atoms with van der Waals surface area (Å²) in [5.74, 6) is -0.463. The monoisotopic (exact) mass is 290 g/mol. The van der Waals surface area contributed by atoms with Gasteiger partial charge in [0, 0.05) is 11.6 Å². The molecule has 0 aliphatic heterocycles. The number of rotatable bonds is 5. The van der Waals surface area contributed by atoms with Crippen LogP contribution in [0.3, 0.4) is 0 Å². The van der Waals surface area contributed by atoms with Gasteiger partial charge in [-0.15, -0.1) is 0 Å². The van der Waals surface area contributed by atoms with E-state index in [1.807, 2.05) is 0 Å². The molecule has 2 rings (SSSR count). The van der Waals surface area contributed by atoms with Crippen molar-refractivity contribution in [2.75, 3.05) is 5.73 Å². The first-order chi connectivity index (χ1) is 10.0. The van der Waals surface area contributed by atoms with E-state index in [9.17, 15) is 20.2 Å². The molecule has 1 heterocycles. The smallest absolute Gasteiger partial charge is 0.406 e. The van der Waals surface area contributed by atoms with Crippen molar-refractivity contribution in [1.29, 1.82) is 0 Å². The van der Waals surface area contributed by atoms with Gasteiger partial charge in [-0.3, -0.25) is 10.1 Å². The minimum absolute atomic E-state index is 0.0333. The third kappa shape index (κ3) is 3.03. The molecule has 108 valence electrons. The van der Waals surface area contributed by atoms with Gasteiger partial charge in [-0.2, -0.15) is 0 Å². The first-order valence-corrected chi connectivity index (χ1v) is 5.74. The van der Waals surface area contributed by atoms with Gasteiger partial charge in [-0.1, -0.05) is 12.1 Å². The Bertz CT molecular complexity index is 704. The lowest BCUT2D eigenvalue weighted by Gasteiger charge is -2.08.